The summed E-state index contributed by atoms with van der Waals surface area (Å²) in [5.41, 5.74) is 7.27. The molecule has 1 heterocycles. The highest BCUT2D eigenvalue weighted by Crippen LogP contribution is 2.24. The number of aromatic nitrogens is 2. The summed E-state index contributed by atoms with van der Waals surface area (Å²) in [7, 11) is 0. The lowest BCUT2D eigenvalue weighted by atomic mass is 10.0. The van der Waals surface area contributed by atoms with Crippen LogP contribution in [0, 0.1) is 0 Å². The van der Waals surface area contributed by atoms with Gasteiger partial charge in [-0.3, -0.25) is 0 Å². The fourth-order valence-electron chi connectivity index (χ4n) is 4.58. The van der Waals surface area contributed by atoms with Crippen molar-refractivity contribution in [1.29, 1.82) is 0 Å². The molecule has 5 aromatic carbocycles. The first-order valence-electron chi connectivity index (χ1n) is 11.4. The van der Waals surface area contributed by atoms with Gasteiger partial charge >= 0.3 is 0 Å². The molecule has 6 rings (SSSR count). The number of benzene rings is 5. The second kappa shape index (κ2) is 8.40. The van der Waals surface area contributed by atoms with Crippen LogP contribution in [0.25, 0.3) is 32.9 Å². The van der Waals surface area contributed by atoms with Crippen LogP contribution < -0.4 is 0 Å². The van der Waals surface area contributed by atoms with Crippen LogP contribution in [-0.2, 0) is 13.0 Å². The van der Waals surface area contributed by atoms with Crippen LogP contribution in [-0.4, -0.2) is 9.55 Å². The van der Waals surface area contributed by atoms with Crippen LogP contribution in [0.5, 0.6) is 0 Å². The molecule has 1 aromatic heterocycles. The monoisotopic (exact) mass is 424 g/mol. The van der Waals surface area contributed by atoms with Crippen molar-refractivity contribution in [2.24, 2.45) is 0 Å². The molecule has 0 aliphatic rings. The summed E-state index contributed by atoms with van der Waals surface area (Å²) in [5, 5.41) is 2.55. The summed E-state index contributed by atoms with van der Waals surface area (Å²) in [6, 6.07) is 43.1. The molecule has 33 heavy (non-hydrogen) atoms. The minimum atomic E-state index is 0.803. The molecule has 0 aliphatic heterocycles. The maximum atomic E-state index is 5.01. The van der Waals surface area contributed by atoms with Crippen molar-refractivity contribution >= 4 is 21.8 Å². The molecule has 0 aliphatic carbocycles. The molecular formula is C31H24N2. The van der Waals surface area contributed by atoms with Gasteiger partial charge in [0.1, 0.15) is 5.82 Å². The Balaban J connectivity index is 1.35. The number of nitrogens with zero attached hydrogens (tertiary/aromatic N) is 2. The third-order valence-electron chi connectivity index (χ3n) is 6.31. The van der Waals surface area contributed by atoms with Crippen molar-refractivity contribution in [3.8, 4) is 11.1 Å². The van der Waals surface area contributed by atoms with Crippen LogP contribution >= 0.6 is 0 Å². The van der Waals surface area contributed by atoms with Crippen LogP contribution in [0.3, 0.4) is 0 Å². The largest absolute Gasteiger partial charge is 0.323 e. The molecule has 0 bridgehead atoms. The Morgan fingerprint density at radius 1 is 0.545 bits per heavy atom. The van der Waals surface area contributed by atoms with E-state index in [0.717, 1.165) is 24.3 Å². The second-order valence-electron chi connectivity index (χ2n) is 8.52. The second-order valence-corrected chi connectivity index (χ2v) is 8.52. The zero-order chi connectivity index (χ0) is 22.0. The predicted molar refractivity (Wildman–Crippen MR) is 137 cm³/mol. The SMILES string of the molecule is c1ccc(-c2ccc(Cc3nc4ccccc4n3Cc3ccc4ccccc4c3)cc2)cc1. The first-order chi connectivity index (χ1) is 16.3. The van der Waals surface area contributed by atoms with Gasteiger partial charge in [-0.2, -0.15) is 0 Å². The van der Waals surface area contributed by atoms with E-state index in [1.54, 1.807) is 0 Å². The number of rotatable bonds is 5. The molecule has 0 radical (unpaired) electrons. The Bertz CT molecular complexity index is 1540. The van der Waals surface area contributed by atoms with Gasteiger partial charge in [-0.15, -0.1) is 0 Å². The van der Waals surface area contributed by atoms with Crippen molar-refractivity contribution in [3.05, 3.63) is 138 Å². The Morgan fingerprint density at radius 2 is 1.21 bits per heavy atom. The number of hydrogen-bond donors (Lipinski definition) is 0. The van der Waals surface area contributed by atoms with E-state index in [1.807, 2.05) is 0 Å². The molecule has 0 saturated carbocycles. The van der Waals surface area contributed by atoms with E-state index in [1.165, 1.54) is 38.5 Å². The standard InChI is InChI=1S/C31H24N2/c1-2-8-25(9-3-1)27-17-14-23(15-18-27)21-31-32-29-12-6-7-13-30(29)33(31)22-24-16-19-26-10-4-5-11-28(26)20-24/h1-20H,21-22H2. The highest BCUT2D eigenvalue weighted by atomic mass is 15.1. The zero-order valence-corrected chi connectivity index (χ0v) is 18.4. The predicted octanol–water partition coefficient (Wildman–Crippen LogP) is 7.50. The molecule has 0 unspecified atom stereocenters. The number of hydrogen-bond acceptors (Lipinski definition) is 1. The summed E-state index contributed by atoms with van der Waals surface area (Å²) < 4.78 is 2.37. The number of para-hydroxylation sites is 2. The van der Waals surface area contributed by atoms with Gasteiger partial charge in [0.25, 0.3) is 0 Å². The van der Waals surface area contributed by atoms with Gasteiger partial charge in [-0.05, 0) is 51.2 Å². The Kier molecular flexibility index (Phi) is 4.97. The van der Waals surface area contributed by atoms with E-state index in [4.69, 9.17) is 4.98 Å². The van der Waals surface area contributed by atoms with Crippen molar-refractivity contribution < 1.29 is 0 Å². The minimum absolute atomic E-state index is 0.803. The van der Waals surface area contributed by atoms with Crippen molar-refractivity contribution in [1.82, 2.24) is 9.55 Å². The van der Waals surface area contributed by atoms with Crippen LogP contribution in [0.4, 0.5) is 0 Å². The summed E-state index contributed by atoms with van der Waals surface area (Å²) in [6.45, 7) is 0.808. The molecule has 2 heteroatoms. The summed E-state index contributed by atoms with van der Waals surface area (Å²) in [6.07, 6.45) is 0.803. The fourth-order valence-corrected chi connectivity index (χ4v) is 4.58. The lowest BCUT2D eigenvalue weighted by Gasteiger charge is -2.11. The van der Waals surface area contributed by atoms with E-state index >= 15 is 0 Å². The number of fused-ring (bicyclic) bond motifs is 2. The fraction of sp³-hybridized carbons (Fsp3) is 0.0645. The van der Waals surface area contributed by atoms with Gasteiger partial charge in [0.2, 0.25) is 0 Å². The lowest BCUT2D eigenvalue weighted by Crippen LogP contribution is -2.06. The molecule has 0 atom stereocenters. The normalized spacial score (nSPS) is 11.3. The maximum absolute atomic E-state index is 5.01. The zero-order valence-electron chi connectivity index (χ0n) is 18.4. The first-order valence-corrected chi connectivity index (χ1v) is 11.4. The van der Waals surface area contributed by atoms with E-state index in [9.17, 15) is 0 Å². The van der Waals surface area contributed by atoms with Gasteiger partial charge in [-0.25, -0.2) is 4.98 Å². The molecule has 0 spiro atoms. The van der Waals surface area contributed by atoms with Gasteiger partial charge < -0.3 is 4.57 Å². The lowest BCUT2D eigenvalue weighted by molar-refractivity contribution is 0.763. The maximum Gasteiger partial charge on any atom is 0.114 e. The molecular weight excluding hydrogens is 400 g/mol. The van der Waals surface area contributed by atoms with Gasteiger partial charge in [-0.1, -0.05) is 103 Å². The topological polar surface area (TPSA) is 17.8 Å². The van der Waals surface area contributed by atoms with Crippen LogP contribution in [0.15, 0.2) is 121 Å². The molecule has 6 aromatic rings. The average Bonchev–Trinajstić information content (AvgIpc) is 3.21. The molecule has 2 nitrogen and oxygen atoms in total. The minimum Gasteiger partial charge on any atom is -0.323 e. The van der Waals surface area contributed by atoms with Crippen LogP contribution in [0.1, 0.15) is 17.0 Å². The van der Waals surface area contributed by atoms with Crippen molar-refractivity contribution in [3.63, 3.8) is 0 Å². The van der Waals surface area contributed by atoms with Crippen molar-refractivity contribution in [2.45, 2.75) is 13.0 Å². The van der Waals surface area contributed by atoms with Crippen LogP contribution in [0.2, 0.25) is 0 Å². The van der Waals surface area contributed by atoms with E-state index in [-0.39, 0.29) is 0 Å². The molecule has 0 N–H and O–H groups in total. The summed E-state index contributed by atoms with van der Waals surface area (Å²) >= 11 is 0. The van der Waals surface area contributed by atoms with E-state index in [0.29, 0.717) is 0 Å². The first kappa shape index (κ1) is 19.5. The number of imidazole rings is 1. The van der Waals surface area contributed by atoms with Gasteiger partial charge in [0, 0.05) is 13.0 Å². The Labute approximate surface area is 193 Å². The molecule has 0 fully saturated rings. The Morgan fingerprint density at radius 3 is 2.06 bits per heavy atom. The van der Waals surface area contributed by atoms with E-state index in [2.05, 4.69) is 126 Å². The van der Waals surface area contributed by atoms with Crippen molar-refractivity contribution in [2.75, 3.05) is 0 Å². The molecule has 0 amide bonds. The highest BCUT2D eigenvalue weighted by Gasteiger charge is 2.12. The third kappa shape index (κ3) is 3.92. The average molecular weight is 425 g/mol. The smallest absolute Gasteiger partial charge is 0.114 e. The highest BCUT2D eigenvalue weighted by molar-refractivity contribution is 5.83. The summed E-state index contributed by atoms with van der Waals surface area (Å²) in [5.74, 6) is 1.09. The quantitative estimate of drug-likeness (QED) is 0.280. The Hall–Kier alpha value is -4.17. The summed E-state index contributed by atoms with van der Waals surface area (Å²) in [4.78, 5) is 5.01. The van der Waals surface area contributed by atoms with E-state index < -0.39 is 0 Å². The van der Waals surface area contributed by atoms with Gasteiger partial charge in [0.15, 0.2) is 0 Å². The third-order valence-corrected chi connectivity index (χ3v) is 6.31. The molecule has 0 saturated heterocycles. The molecule has 158 valence electrons. The van der Waals surface area contributed by atoms with Gasteiger partial charge in [0.05, 0.1) is 11.0 Å².